The molecule has 0 spiro atoms. The van der Waals surface area contributed by atoms with Gasteiger partial charge in [0.1, 0.15) is 5.54 Å². The van der Waals surface area contributed by atoms with E-state index in [1.807, 2.05) is 6.92 Å². The van der Waals surface area contributed by atoms with Gasteiger partial charge in [0.15, 0.2) is 0 Å². The molecule has 0 aromatic carbocycles. The number of hydrogen-bond acceptors (Lipinski definition) is 4. The monoisotopic (exact) mass is 262 g/mol. The summed E-state index contributed by atoms with van der Waals surface area (Å²) >= 11 is 0. The second-order valence-corrected chi connectivity index (χ2v) is 5.46. The van der Waals surface area contributed by atoms with Crippen molar-refractivity contribution in [2.24, 2.45) is 5.73 Å². The summed E-state index contributed by atoms with van der Waals surface area (Å²) < 4.78 is 0. The topological polar surface area (TPSA) is 80.9 Å². The summed E-state index contributed by atoms with van der Waals surface area (Å²) in [5.74, 6) is -0.401. The SMILES string of the molecule is Cc1nccnc1C(C)(NC1CCCCC1)C(N)=O. The van der Waals surface area contributed by atoms with Crippen LogP contribution < -0.4 is 11.1 Å². The fourth-order valence-corrected chi connectivity index (χ4v) is 2.81. The molecule has 1 aromatic rings. The molecule has 0 bridgehead atoms. The van der Waals surface area contributed by atoms with Crippen molar-refractivity contribution in [3.05, 3.63) is 23.8 Å². The van der Waals surface area contributed by atoms with Crippen LogP contribution in [0.25, 0.3) is 0 Å². The Labute approximate surface area is 114 Å². The predicted octanol–water partition coefficient (Wildman–Crippen LogP) is 1.41. The van der Waals surface area contributed by atoms with Crippen molar-refractivity contribution in [2.45, 2.75) is 57.5 Å². The lowest BCUT2D eigenvalue weighted by atomic mass is 9.89. The van der Waals surface area contributed by atoms with Crippen molar-refractivity contribution in [1.29, 1.82) is 0 Å². The maximum absolute atomic E-state index is 11.9. The summed E-state index contributed by atoms with van der Waals surface area (Å²) in [7, 11) is 0. The first-order chi connectivity index (χ1) is 9.04. The smallest absolute Gasteiger partial charge is 0.243 e. The quantitative estimate of drug-likeness (QED) is 0.859. The number of rotatable bonds is 4. The summed E-state index contributed by atoms with van der Waals surface area (Å²) in [4.78, 5) is 20.5. The van der Waals surface area contributed by atoms with E-state index in [-0.39, 0.29) is 0 Å². The molecule has 104 valence electrons. The lowest BCUT2D eigenvalue weighted by Crippen LogP contribution is -2.55. The average molecular weight is 262 g/mol. The lowest BCUT2D eigenvalue weighted by molar-refractivity contribution is -0.124. The third-order valence-corrected chi connectivity index (χ3v) is 3.95. The van der Waals surface area contributed by atoms with Crippen LogP contribution in [0.4, 0.5) is 0 Å². The van der Waals surface area contributed by atoms with Crippen molar-refractivity contribution in [2.75, 3.05) is 0 Å². The minimum atomic E-state index is -0.944. The number of carbonyl (C=O) groups excluding carboxylic acids is 1. The summed E-state index contributed by atoms with van der Waals surface area (Å²) in [6.45, 7) is 3.66. The van der Waals surface area contributed by atoms with Crippen molar-refractivity contribution in [1.82, 2.24) is 15.3 Å². The van der Waals surface area contributed by atoms with E-state index in [0.717, 1.165) is 18.5 Å². The lowest BCUT2D eigenvalue weighted by Gasteiger charge is -2.34. The van der Waals surface area contributed by atoms with E-state index in [4.69, 9.17) is 5.73 Å². The van der Waals surface area contributed by atoms with Gasteiger partial charge in [-0.2, -0.15) is 0 Å². The van der Waals surface area contributed by atoms with Gasteiger partial charge in [0, 0.05) is 18.4 Å². The molecule has 3 N–H and O–H groups in total. The summed E-state index contributed by atoms with van der Waals surface area (Å²) in [6.07, 6.45) is 9.07. The summed E-state index contributed by atoms with van der Waals surface area (Å²) in [5.41, 5.74) is 6.05. The Bertz CT molecular complexity index is 457. The van der Waals surface area contributed by atoms with E-state index in [9.17, 15) is 4.79 Å². The van der Waals surface area contributed by atoms with Gasteiger partial charge in [0.05, 0.1) is 11.4 Å². The van der Waals surface area contributed by atoms with Crippen LogP contribution in [0.1, 0.15) is 50.4 Å². The van der Waals surface area contributed by atoms with Crippen LogP contribution in [-0.2, 0) is 10.3 Å². The van der Waals surface area contributed by atoms with Crippen LogP contribution in [0.3, 0.4) is 0 Å². The highest BCUT2D eigenvalue weighted by Gasteiger charge is 2.38. The molecular formula is C14H22N4O. The van der Waals surface area contributed by atoms with Gasteiger partial charge in [-0.1, -0.05) is 19.3 Å². The molecule has 1 aliphatic carbocycles. The first-order valence-corrected chi connectivity index (χ1v) is 6.89. The predicted molar refractivity (Wildman–Crippen MR) is 73.3 cm³/mol. The molecule has 1 aliphatic rings. The first-order valence-electron chi connectivity index (χ1n) is 6.89. The van der Waals surface area contributed by atoms with E-state index in [0.29, 0.717) is 11.7 Å². The number of aromatic nitrogens is 2. The fourth-order valence-electron chi connectivity index (χ4n) is 2.81. The van der Waals surface area contributed by atoms with Gasteiger partial charge in [-0.3, -0.25) is 20.1 Å². The van der Waals surface area contributed by atoms with Crippen molar-refractivity contribution in [3.63, 3.8) is 0 Å². The minimum Gasteiger partial charge on any atom is -0.368 e. The zero-order valence-electron chi connectivity index (χ0n) is 11.6. The van der Waals surface area contributed by atoms with E-state index in [1.165, 1.54) is 19.3 Å². The van der Waals surface area contributed by atoms with Crippen LogP contribution in [0.5, 0.6) is 0 Å². The zero-order chi connectivity index (χ0) is 13.9. The number of carbonyl (C=O) groups is 1. The van der Waals surface area contributed by atoms with Crippen LogP contribution in [-0.4, -0.2) is 21.9 Å². The van der Waals surface area contributed by atoms with E-state index in [1.54, 1.807) is 19.3 Å². The third kappa shape index (κ3) is 2.92. The molecule has 5 heteroatoms. The van der Waals surface area contributed by atoms with E-state index in [2.05, 4.69) is 15.3 Å². The number of hydrogen-bond donors (Lipinski definition) is 2. The number of aryl methyl sites for hydroxylation is 1. The van der Waals surface area contributed by atoms with Crippen LogP contribution in [0.15, 0.2) is 12.4 Å². The van der Waals surface area contributed by atoms with Gasteiger partial charge >= 0.3 is 0 Å². The fraction of sp³-hybridized carbons (Fsp3) is 0.643. The Kier molecular flexibility index (Phi) is 4.14. The van der Waals surface area contributed by atoms with Gasteiger partial charge in [0.2, 0.25) is 5.91 Å². The molecule has 1 heterocycles. The molecule has 5 nitrogen and oxygen atoms in total. The molecule has 19 heavy (non-hydrogen) atoms. The molecule has 1 unspecified atom stereocenters. The number of nitrogens with one attached hydrogen (secondary N) is 1. The Morgan fingerprint density at radius 2 is 1.95 bits per heavy atom. The highest BCUT2D eigenvalue weighted by Crippen LogP contribution is 2.25. The van der Waals surface area contributed by atoms with E-state index >= 15 is 0 Å². The zero-order valence-corrected chi connectivity index (χ0v) is 11.6. The Hall–Kier alpha value is -1.49. The number of amides is 1. The van der Waals surface area contributed by atoms with Gasteiger partial charge in [-0.25, -0.2) is 0 Å². The molecular weight excluding hydrogens is 240 g/mol. The van der Waals surface area contributed by atoms with Crippen molar-refractivity contribution >= 4 is 5.91 Å². The number of nitrogens with two attached hydrogens (primary N) is 1. The maximum Gasteiger partial charge on any atom is 0.243 e. The molecule has 1 amide bonds. The summed E-state index contributed by atoms with van der Waals surface area (Å²) in [6, 6.07) is 0.327. The molecule has 1 fully saturated rings. The molecule has 1 aromatic heterocycles. The van der Waals surface area contributed by atoms with Gasteiger partial charge in [-0.15, -0.1) is 0 Å². The number of primary amides is 1. The Morgan fingerprint density at radius 1 is 1.32 bits per heavy atom. The molecule has 0 aliphatic heterocycles. The first kappa shape index (κ1) is 13.9. The highest BCUT2D eigenvalue weighted by molar-refractivity contribution is 5.85. The average Bonchev–Trinajstić information content (AvgIpc) is 2.40. The van der Waals surface area contributed by atoms with Crippen LogP contribution in [0, 0.1) is 6.92 Å². The van der Waals surface area contributed by atoms with Gasteiger partial charge in [-0.05, 0) is 26.7 Å². The second-order valence-electron chi connectivity index (χ2n) is 5.46. The molecule has 1 atom stereocenters. The van der Waals surface area contributed by atoms with Crippen LogP contribution >= 0.6 is 0 Å². The molecule has 1 saturated carbocycles. The van der Waals surface area contributed by atoms with Gasteiger partial charge < -0.3 is 5.73 Å². The molecule has 0 saturated heterocycles. The van der Waals surface area contributed by atoms with Crippen LogP contribution in [0.2, 0.25) is 0 Å². The second kappa shape index (κ2) is 5.65. The van der Waals surface area contributed by atoms with Crippen molar-refractivity contribution < 1.29 is 4.79 Å². The maximum atomic E-state index is 11.9. The van der Waals surface area contributed by atoms with Gasteiger partial charge in [0.25, 0.3) is 0 Å². The van der Waals surface area contributed by atoms with Crippen molar-refractivity contribution in [3.8, 4) is 0 Å². The highest BCUT2D eigenvalue weighted by atomic mass is 16.1. The number of nitrogens with zero attached hydrogens (tertiary/aromatic N) is 2. The largest absolute Gasteiger partial charge is 0.368 e. The Morgan fingerprint density at radius 3 is 2.53 bits per heavy atom. The standard InChI is InChI=1S/C14H22N4O/c1-10-12(17-9-8-16-10)14(2,13(15)19)18-11-6-4-3-5-7-11/h8-9,11,18H,3-7H2,1-2H3,(H2,15,19). The summed E-state index contributed by atoms with van der Waals surface area (Å²) in [5, 5.41) is 3.41. The molecule has 2 rings (SSSR count). The third-order valence-electron chi connectivity index (χ3n) is 3.95. The minimum absolute atomic E-state index is 0.327. The normalized spacial score (nSPS) is 19.9. The van der Waals surface area contributed by atoms with E-state index < -0.39 is 11.4 Å². The molecule has 0 radical (unpaired) electrons. The Balaban J connectivity index is 2.27.